The molecule has 0 N–H and O–H groups in total. The molecule has 0 saturated heterocycles. The molecule has 6 rings (SSSR count). The van der Waals surface area contributed by atoms with Crippen LogP contribution < -0.4 is 10.3 Å². The Hall–Kier alpha value is -4.04. The summed E-state index contributed by atoms with van der Waals surface area (Å²) >= 11 is 2.93. The number of aryl methyl sites for hydroxylation is 2. The van der Waals surface area contributed by atoms with Crippen LogP contribution in [0.5, 0.6) is 5.88 Å². The molecule has 3 aromatic heterocycles. The Morgan fingerprint density at radius 3 is 2.46 bits per heavy atom. The summed E-state index contributed by atoms with van der Waals surface area (Å²) in [7, 11) is 4.09. The molecule has 0 radical (unpaired) electrons. The molecule has 10 nitrogen and oxygen atoms in total. The average Bonchev–Trinajstić information content (AvgIpc) is 3.31. The number of benzene rings is 1. The summed E-state index contributed by atoms with van der Waals surface area (Å²) in [6.07, 6.45) is -1.01. The second kappa shape index (κ2) is 12.0. The van der Waals surface area contributed by atoms with Crippen molar-refractivity contribution < 1.29 is 22.7 Å². The summed E-state index contributed by atoms with van der Waals surface area (Å²) in [5.41, 5.74) is 1.31. The van der Waals surface area contributed by atoms with E-state index < -0.39 is 23.7 Å². The van der Waals surface area contributed by atoms with E-state index in [-0.39, 0.29) is 40.6 Å². The normalized spacial score (nSPS) is 19.6. The Morgan fingerprint density at radius 1 is 1.11 bits per heavy atom. The largest absolute Gasteiger partial charge is 0.474 e. The first-order chi connectivity index (χ1) is 21.7. The van der Waals surface area contributed by atoms with Crippen LogP contribution in [0.3, 0.4) is 0 Å². The standard InChI is InChI=1S/C32H33BrF3N7O3/c1-17-10-19(3)43(39-17)31-38-27-16-41(29(44)20-6-8-26(33)25(12-20)32(34,35)36)18(2)11-24(27)30(45)42(31)21-7-9-28(37-15-21)46-23-13-22(14-23)40(4)5/h6-10,12,15,18,22-23H,11,13-14,16H2,1-5H3/t18-,22-,23+/m1/s1. The topological polar surface area (TPSA) is 98.4 Å². The van der Waals surface area contributed by atoms with E-state index in [2.05, 4.69) is 30.9 Å². The van der Waals surface area contributed by atoms with Crippen molar-refractivity contribution in [1.82, 2.24) is 34.1 Å². The van der Waals surface area contributed by atoms with Gasteiger partial charge in [-0.05, 0) is 71.6 Å². The second-order valence-electron chi connectivity index (χ2n) is 12.2. The van der Waals surface area contributed by atoms with Crippen LogP contribution in [-0.2, 0) is 19.1 Å². The van der Waals surface area contributed by atoms with Gasteiger partial charge in [-0.1, -0.05) is 15.9 Å². The lowest BCUT2D eigenvalue weighted by molar-refractivity contribution is -0.138. The quantitative estimate of drug-likeness (QED) is 0.271. The van der Waals surface area contributed by atoms with Crippen molar-refractivity contribution in [3.05, 3.63) is 91.2 Å². The molecule has 14 heteroatoms. The van der Waals surface area contributed by atoms with E-state index in [0.717, 1.165) is 30.3 Å². The number of alkyl halides is 3. The highest BCUT2D eigenvalue weighted by Gasteiger charge is 2.36. The number of rotatable bonds is 6. The van der Waals surface area contributed by atoms with Gasteiger partial charge in [-0.2, -0.15) is 18.3 Å². The number of fused-ring (bicyclic) bond motifs is 1. The predicted octanol–water partition coefficient (Wildman–Crippen LogP) is 5.27. The van der Waals surface area contributed by atoms with E-state index in [9.17, 15) is 22.8 Å². The van der Waals surface area contributed by atoms with Crippen molar-refractivity contribution in [2.75, 3.05) is 14.1 Å². The molecule has 0 bridgehead atoms. The molecule has 1 aliphatic carbocycles. The fraction of sp³-hybridized carbons (Fsp3) is 0.406. The van der Waals surface area contributed by atoms with Gasteiger partial charge in [0.2, 0.25) is 11.8 Å². The number of carbonyl (C=O) groups is 1. The molecule has 1 atom stereocenters. The molecule has 1 fully saturated rings. The van der Waals surface area contributed by atoms with Crippen LogP contribution in [0.4, 0.5) is 13.2 Å². The number of ether oxygens (including phenoxy) is 1. The van der Waals surface area contributed by atoms with Crippen molar-refractivity contribution in [1.29, 1.82) is 0 Å². The lowest BCUT2D eigenvalue weighted by Gasteiger charge is -2.39. The maximum Gasteiger partial charge on any atom is 0.417 e. The molecule has 2 aliphatic rings. The summed E-state index contributed by atoms with van der Waals surface area (Å²) in [5, 5.41) is 4.56. The van der Waals surface area contributed by atoms with Crippen LogP contribution in [0.25, 0.3) is 11.6 Å². The SMILES string of the molecule is Cc1cc(C)n(-c2nc3c(c(=O)n2-c2ccc(O[C@H]4C[C@@H](N(C)C)C4)nc2)C[C@@H](C)N(C(=O)c2ccc(Br)c(C(F)(F)F)c2)C3)n1. The molecular weight excluding hydrogens is 667 g/mol. The molecule has 46 heavy (non-hydrogen) atoms. The number of hydrogen-bond donors (Lipinski definition) is 0. The summed E-state index contributed by atoms with van der Waals surface area (Å²) in [6.45, 7) is 5.37. The summed E-state index contributed by atoms with van der Waals surface area (Å²) < 4.78 is 49.7. The lowest BCUT2D eigenvalue weighted by Crippen LogP contribution is -2.46. The lowest BCUT2D eigenvalue weighted by atomic mass is 9.88. The van der Waals surface area contributed by atoms with E-state index in [1.165, 1.54) is 21.6 Å². The minimum atomic E-state index is -4.64. The first-order valence-electron chi connectivity index (χ1n) is 14.9. The number of halogens is 4. The highest BCUT2D eigenvalue weighted by Crippen LogP contribution is 2.36. The van der Waals surface area contributed by atoms with Crippen LogP contribution >= 0.6 is 15.9 Å². The molecule has 4 heterocycles. The molecule has 4 aromatic rings. The number of aromatic nitrogens is 5. The number of pyridine rings is 1. The third kappa shape index (κ3) is 5.95. The van der Waals surface area contributed by atoms with Crippen molar-refractivity contribution in [2.45, 2.75) is 70.9 Å². The van der Waals surface area contributed by atoms with Crippen molar-refractivity contribution in [3.63, 3.8) is 0 Å². The monoisotopic (exact) mass is 699 g/mol. The molecule has 0 unspecified atom stereocenters. The van der Waals surface area contributed by atoms with Crippen LogP contribution in [0.2, 0.25) is 0 Å². The second-order valence-corrected chi connectivity index (χ2v) is 13.0. The first kappa shape index (κ1) is 31.9. The number of hydrogen-bond acceptors (Lipinski definition) is 7. The Balaban J connectivity index is 1.36. The van der Waals surface area contributed by atoms with E-state index in [4.69, 9.17) is 9.72 Å². The molecule has 1 aliphatic heterocycles. The van der Waals surface area contributed by atoms with Crippen LogP contribution in [0.1, 0.15) is 58.3 Å². The molecular formula is C32H33BrF3N7O3. The van der Waals surface area contributed by atoms with Crippen molar-refractivity contribution >= 4 is 21.8 Å². The van der Waals surface area contributed by atoms with E-state index >= 15 is 0 Å². The van der Waals surface area contributed by atoms with Gasteiger partial charge in [0.1, 0.15) is 6.10 Å². The highest BCUT2D eigenvalue weighted by molar-refractivity contribution is 9.10. The maximum atomic E-state index is 14.2. The fourth-order valence-electron chi connectivity index (χ4n) is 5.97. The molecule has 1 amide bonds. The van der Waals surface area contributed by atoms with Crippen molar-refractivity contribution in [2.24, 2.45) is 0 Å². The van der Waals surface area contributed by atoms with Gasteiger partial charge in [0.15, 0.2) is 0 Å². The minimum Gasteiger partial charge on any atom is -0.474 e. The molecule has 1 saturated carbocycles. The average molecular weight is 701 g/mol. The Kier molecular flexibility index (Phi) is 8.30. The number of amides is 1. The van der Waals surface area contributed by atoms with Gasteiger partial charge in [-0.15, -0.1) is 0 Å². The zero-order valence-electron chi connectivity index (χ0n) is 26.0. The number of carbonyl (C=O) groups excluding carboxylic acids is 1. The van der Waals surface area contributed by atoms with E-state index in [1.54, 1.807) is 29.9 Å². The van der Waals surface area contributed by atoms with Gasteiger partial charge in [0.25, 0.3) is 11.5 Å². The molecule has 1 aromatic carbocycles. The van der Waals surface area contributed by atoms with Gasteiger partial charge in [-0.25, -0.2) is 19.2 Å². The van der Waals surface area contributed by atoms with Crippen LogP contribution in [-0.4, -0.2) is 72.3 Å². The number of nitrogens with zero attached hydrogens (tertiary/aromatic N) is 7. The third-order valence-electron chi connectivity index (χ3n) is 8.64. The zero-order chi connectivity index (χ0) is 33.1. The third-order valence-corrected chi connectivity index (χ3v) is 9.33. The van der Waals surface area contributed by atoms with Gasteiger partial charge < -0.3 is 14.5 Å². The van der Waals surface area contributed by atoms with Gasteiger partial charge in [0.05, 0.1) is 35.4 Å². The minimum absolute atomic E-state index is 0.0600. The highest BCUT2D eigenvalue weighted by atomic mass is 79.9. The Labute approximate surface area is 271 Å². The summed E-state index contributed by atoms with van der Waals surface area (Å²) in [4.78, 5) is 40.8. The Morgan fingerprint density at radius 2 is 1.85 bits per heavy atom. The van der Waals surface area contributed by atoms with Gasteiger partial charge in [-0.3, -0.25) is 9.59 Å². The fourth-order valence-corrected chi connectivity index (χ4v) is 6.44. The molecule has 0 spiro atoms. The molecule has 242 valence electrons. The smallest absolute Gasteiger partial charge is 0.417 e. The van der Waals surface area contributed by atoms with Crippen molar-refractivity contribution in [3.8, 4) is 17.5 Å². The maximum absolute atomic E-state index is 14.2. The predicted molar refractivity (Wildman–Crippen MR) is 168 cm³/mol. The van der Waals surface area contributed by atoms with Gasteiger partial charge in [0, 0.05) is 52.3 Å². The summed E-state index contributed by atoms with van der Waals surface area (Å²) in [5.74, 6) is 0.0857. The zero-order valence-corrected chi connectivity index (χ0v) is 27.6. The Bertz CT molecular complexity index is 1860. The van der Waals surface area contributed by atoms with Crippen LogP contribution in [0.15, 0.2) is 51.9 Å². The van der Waals surface area contributed by atoms with Crippen LogP contribution in [0, 0.1) is 13.8 Å². The van der Waals surface area contributed by atoms with Gasteiger partial charge >= 0.3 is 6.18 Å². The summed E-state index contributed by atoms with van der Waals surface area (Å²) in [6, 6.07) is 8.74. The first-order valence-corrected chi connectivity index (χ1v) is 15.7. The van der Waals surface area contributed by atoms with E-state index in [0.29, 0.717) is 28.9 Å². The van der Waals surface area contributed by atoms with E-state index in [1.807, 2.05) is 34.0 Å².